The molecule has 0 fully saturated rings. The summed E-state index contributed by atoms with van der Waals surface area (Å²) in [4.78, 5) is 11.8. The Balaban J connectivity index is 2.14. The highest BCUT2D eigenvalue weighted by molar-refractivity contribution is 7.89. The van der Waals surface area contributed by atoms with Crippen LogP contribution >= 0.6 is 11.3 Å². The lowest BCUT2D eigenvalue weighted by Crippen LogP contribution is -2.13. The molecule has 118 valence electrons. The highest BCUT2D eigenvalue weighted by Gasteiger charge is 2.13. The van der Waals surface area contributed by atoms with Crippen LogP contribution in [-0.4, -0.2) is 13.0 Å². The predicted octanol–water partition coefficient (Wildman–Crippen LogP) is 2.35. The van der Waals surface area contributed by atoms with Crippen molar-refractivity contribution in [3.63, 3.8) is 0 Å². The number of thiazole rings is 1. The summed E-state index contributed by atoms with van der Waals surface area (Å²) in [6.07, 6.45) is 0. The Bertz CT molecular complexity index is 1020. The Morgan fingerprint density at radius 3 is 2.39 bits per heavy atom. The number of aromatic nitrogens is 1. The molecule has 1 aromatic heterocycles. The van der Waals surface area contributed by atoms with Gasteiger partial charge in [-0.3, -0.25) is 9.36 Å². The van der Waals surface area contributed by atoms with E-state index in [1.165, 1.54) is 34.9 Å². The molecule has 0 aliphatic carbocycles. The third kappa shape index (κ3) is 3.09. The van der Waals surface area contributed by atoms with Crippen molar-refractivity contribution in [3.05, 3.63) is 69.4 Å². The second-order valence-electron chi connectivity index (χ2n) is 4.77. The minimum atomic E-state index is -3.78. The molecule has 0 aliphatic rings. The number of nitrogens with two attached hydrogens (primary N) is 1. The van der Waals surface area contributed by atoms with Crippen LogP contribution < -0.4 is 10.0 Å². The van der Waals surface area contributed by atoms with Crippen LogP contribution in [0, 0.1) is 5.82 Å². The number of hydrogen-bond acceptors (Lipinski definition) is 4. The van der Waals surface area contributed by atoms with E-state index in [1.807, 2.05) is 0 Å². The molecule has 0 radical (unpaired) electrons. The first-order chi connectivity index (χ1) is 10.9. The first-order valence-corrected chi connectivity index (χ1v) is 8.88. The van der Waals surface area contributed by atoms with E-state index < -0.39 is 15.8 Å². The summed E-state index contributed by atoms with van der Waals surface area (Å²) < 4.78 is 37.4. The summed E-state index contributed by atoms with van der Waals surface area (Å²) in [5.74, 6) is -0.448. The number of sulfonamides is 1. The molecule has 23 heavy (non-hydrogen) atoms. The summed E-state index contributed by atoms with van der Waals surface area (Å²) in [7, 11) is -3.78. The van der Waals surface area contributed by atoms with Gasteiger partial charge in [0.25, 0.3) is 0 Å². The lowest BCUT2D eigenvalue weighted by molar-refractivity contribution is 0.598. The Labute approximate surface area is 135 Å². The monoisotopic (exact) mass is 350 g/mol. The van der Waals surface area contributed by atoms with Crippen molar-refractivity contribution in [1.29, 1.82) is 0 Å². The van der Waals surface area contributed by atoms with E-state index in [2.05, 4.69) is 0 Å². The van der Waals surface area contributed by atoms with E-state index in [0.29, 0.717) is 16.9 Å². The van der Waals surface area contributed by atoms with Gasteiger partial charge in [-0.05, 0) is 35.9 Å². The smallest absolute Gasteiger partial charge is 0.267 e. The summed E-state index contributed by atoms with van der Waals surface area (Å²) in [5.41, 5.74) is 1.58. The average molecular weight is 350 g/mol. The van der Waals surface area contributed by atoms with E-state index in [9.17, 15) is 17.6 Å². The van der Waals surface area contributed by atoms with Gasteiger partial charge in [0.1, 0.15) is 5.82 Å². The summed E-state index contributed by atoms with van der Waals surface area (Å²) in [6, 6.07) is 11.5. The van der Waals surface area contributed by atoms with Crippen LogP contribution in [-0.2, 0) is 10.0 Å². The fraction of sp³-hybridized carbons (Fsp3) is 0. The van der Waals surface area contributed by atoms with Crippen LogP contribution in [0.5, 0.6) is 0 Å². The molecule has 5 nitrogen and oxygen atoms in total. The van der Waals surface area contributed by atoms with Crippen LogP contribution in [0.1, 0.15) is 0 Å². The van der Waals surface area contributed by atoms with Crippen LogP contribution in [0.4, 0.5) is 4.39 Å². The number of halogens is 1. The fourth-order valence-corrected chi connectivity index (χ4v) is 3.46. The molecular weight excluding hydrogens is 339 g/mol. The highest BCUT2D eigenvalue weighted by Crippen LogP contribution is 2.24. The minimum Gasteiger partial charge on any atom is -0.267 e. The van der Waals surface area contributed by atoms with Crippen LogP contribution in [0.2, 0.25) is 0 Å². The van der Waals surface area contributed by atoms with Gasteiger partial charge in [-0.1, -0.05) is 29.5 Å². The predicted molar refractivity (Wildman–Crippen MR) is 86.7 cm³/mol. The molecule has 0 spiro atoms. The number of primary sulfonamides is 1. The number of rotatable bonds is 3. The van der Waals surface area contributed by atoms with Crippen LogP contribution in [0.3, 0.4) is 0 Å². The minimum absolute atomic E-state index is 0.0175. The third-order valence-electron chi connectivity index (χ3n) is 3.24. The molecular formula is C15H11FN2O3S2. The van der Waals surface area contributed by atoms with Gasteiger partial charge in [0.05, 0.1) is 16.3 Å². The first kappa shape index (κ1) is 15.6. The summed E-state index contributed by atoms with van der Waals surface area (Å²) in [5, 5.41) is 6.70. The molecule has 0 amide bonds. The molecule has 0 atom stereocenters. The lowest BCUT2D eigenvalue weighted by Gasteiger charge is -2.08. The van der Waals surface area contributed by atoms with Crippen LogP contribution in [0.15, 0.2) is 63.6 Å². The Kier molecular flexibility index (Phi) is 3.88. The molecule has 0 aliphatic heterocycles. The van der Waals surface area contributed by atoms with Crippen LogP contribution in [0.25, 0.3) is 16.9 Å². The molecule has 0 saturated carbocycles. The van der Waals surface area contributed by atoms with Crippen molar-refractivity contribution in [2.75, 3.05) is 0 Å². The quantitative estimate of drug-likeness (QED) is 0.787. The molecule has 1 heterocycles. The van der Waals surface area contributed by atoms with Gasteiger partial charge < -0.3 is 0 Å². The first-order valence-electron chi connectivity index (χ1n) is 6.46. The summed E-state index contributed by atoms with van der Waals surface area (Å²) in [6.45, 7) is 0. The average Bonchev–Trinajstić information content (AvgIpc) is 2.88. The molecule has 3 rings (SSSR count). The van der Waals surface area contributed by atoms with Gasteiger partial charge >= 0.3 is 4.87 Å². The second-order valence-corrected chi connectivity index (χ2v) is 7.15. The Hall–Kier alpha value is -2.29. The van der Waals surface area contributed by atoms with Gasteiger partial charge in [-0.15, -0.1) is 0 Å². The Morgan fingerprint density at radius 1 is 1.09 bits per heavy atom. The maximum atomic E-state index is 13.4. The number of benzene rings is 2. The SMILES string of the molecule is NS(=O)(=O)c1ccc(-c2csc(=O)n2-c2cccc(F)c2)cc1. The van der Waals surface area contributed by atoms with Gasteiger partial charge in [0.15, 0.2) is 0 Å². The van der Waals surface area contributed by atoms with Crippen molar-refractivity contribution in [2.24, 2.45) is 5.14 Å². The molecule has 0 saturated heterocycles. The van der Waals surface area contributed by atoms with E-state index in [0.717, 1.165) is 11.3 Å². The molecule has 0 unspecified atom stereocenters. The topological polar surface area (TPSA) is 82.2 Å². The zero-order valence-electron chi connectivity index (χ0n) is 11.6. The van der Waals surface area contributed by atoms with Crippen molar-refractivity contribution < 1.29 is 12.8 Å². The third-order valence-corrected chi connectivity index (χ3v) is 4.89. The second kappa shape index (κ2) is 5.73. The molecule has 2 aromatic carbocycles. The molecule has 2 N–H and O–H groups in total. The van der Waals surface area contributed by atoms with Crippen molar-refractivity contribution in [1.82, 2.24) is 4.57 Å². The fourth-order valence-electron chi connectivity index (χ4n) is 2.18. The zero-order chi connectivity index (χ0) is 16.6. The zero-order valence-corrected chi connectivity index (χ0v) is 13.3. The highest BCUT2D eigenvalue weighted by atomic mass is 32.2. The van der Waals surface area contributed by atoms with E-state index in [1.54, 1.807) is 23.6 Å². The van der Waals surface area contributed by atoms with E-state index in [4.69, 9.17) is 5.14 Å². The maximum absolute atomic E-state index is 13.4. The largest absolute Gasteiger partial charge is 0.312 e. The van der Waals surface area contributed by atoms with Crippen molar-refractivity contribution >= 4 is 21.4 Å². The van der Waals surface area contributed by atoms with Gasteiger partial charge in [-0.2, -0.15) is 0 Å². The normalized spacial score (nSPS) is 11.6. The van der Waals surface area contributed by atoms with Gasteiger partial charge in [0, 0.05) is 5.38 Å². The van der Waals surface area contributed by atoms with Crippen molar-refractivity contribution in [2.45, 2.75) is 4.90 Å². The molecule has 3 aromatic rings. The van der Waals surface area contributed by atoms with E-state index >= 15 is 0 Å². The lowest BCUT2D eigenvalue weighted by atomic mass is 10.1. The standard InChI is InChI=1S/C15H11FN2O3S2/c16-11-2-1-3-12(8-11)18-14(9-22-15(18)19)10-4-6-13(7-5-10)23(17,20)21/h1-9H,(H2,17,20,21). The number of nitrogens with zero attached hydrogens (tertiary/aromatic N) is 1. The van der Waals surface area contributed by atoms with Crippen molar-refractivity contribution in [3.8, 4) is 16.9 Å². The van der Waals surface area contributed by atoms with Gasteiger partial charge in [0.2, 0.25) is 10.0 Å². The Morgan fingerprint density at radius 2 is 1.78 bits per heavy atom. The summed E-state index contributed by atoms with van der Waals surface area (Å²) >= 11 is 0.978. The molecule has 0 bridgehead atoms. The maximum Gasteiger partial charge on any atom is 0.312 e. The van der Waals surface area contributed by atoms with Gasteiger partial charge in [-0.25, -0.2) is 17.9 Å². The van der Waals surface area contributed by atoms with E-state index in [-0.39, 0.29) is 9.77 Å². The molecule has 8 heteroatoms. The number of hydrogen-bond donors (Lipinski definition) is 1.